The number of hydrogen-bond donors (Lipinski definition) is 0. The maximum absolute atomic E-state index is 13.8. The predicted molar refractivity (Wildman–Crippen MR) is 136 cm³/mol. The van der Waals surface area contributed by atoms with Gasteiger partial charge in [-0.3, -0.25) is 0 Å². The summed E-state index contributed by atoms with van der Waals surface area (Å²) in [7, 11) is -4.25. The van der Waals surface area contributed by atoms with Crippen molar-refractivity contribution in [3.63, 3.8) is 0 Å². The summed E-state index contributed by atoms with van der Waals surface area (Å²) in [5, 5.41) is 0.396. The molecule has 0 aliphatic carbocycles. The Morgan fingerprint density at radius 1 is 1.00 bits per heavy atom. The number of carbonyl (C=O) groups excluding carboxylic acids is 1. The van der Waals surface area contributed by atoms with Crippen LogP contribution >= 0.6 is 0 Å². The molecule has 200 valence electrons. The lowest BCUT2D eigenvalue weighted by Crippen LogP contribution is -2.33. The Balaban J connectivity index is 1.75. The molecule has 0 aliphatic heterocycles. The molecule has 0 fully saturated rings. The van der Waals surface area contributed by atoms with E-state index in [1.807, 2.05) is 30.3 Å². The van der Waals surface area contributed by atoms with Gasteiger partial charge < -0.3 is 9.15 Å². The highest BCUT2D eigenvalue weighted by molar-refractivity contribution is 7.89. The third-order valence-corrected chi connectivity index (χ3v) is 8.01. The van der Waals surface area contributed by atoms with Crippen molar-refractivity contribution in [3.8, 4) is 0 Å². The molecule has 0 saturated carbocycles. The van der Waals surface area contributed by atoms with E-state index >= 15 is 0 Å². The normalized spacial score (nSPS) is 12.3. The second-order valence-electron chi connectivity index (χ2n) is 8.66. The first-order chi connectivity index (χ1) is 18.0. The fraction of sp³-hybridized carbons (Fsp3) is 0.250. The molecule has 0 N–H and O–H groups in total. The third-order valence-electron chi connectivity index (χ3n) is 6.17. The fourth-order valence-corrected chi connectivity index (χ4v) is 5.65. The first-order valence-corrected chi connectivity index (χ1v) is 13.4. The number of alkyl halides is 3. The largest absolute Gasteiger partial charge is 0.460 e. The Morgan fingerprint density at radius 2 is 1.68 bits per heavy atom. The van der Waals surface area contributed by atoms with Crippen molar-refractivity contribution < 1.29 is 35.5 Å². The Bertz CT molecular complexity index is 1550. The van der Waals surface area contributed by atoms with E-state index in [4.69, 9.17) is 9.15 Å². The minimum Gasteiger partial charge on any atom is -0.460 e. The number of halogens is 3. The number of sulfonamides is 1. The maximum Gasteiger partial charge on any atom is 0.416 e. The molecular weight excluding hydrogens is 519 g/mol. The van der Waals surface area contributed by atoms with Crippen molar-refractivity contribution >= 4 is 27.0 Å². The molecule has 1 aromatic heterocycles. The van der Waals surface area contributed by atoms with Crippen LogP contribution in [-0.2, 0) is 33.9 Å². The monoisotopic (exact) mass is 545 g/mol. The average Bonchev–Trinajstić information content (AvgIpc) is 3.22. The summed E-state index contributed by atoms with van der Waals surface area (Å²) >= 11 is 0. The lowest BCUT2D eigenvalue weighted by atomic mass is 10.1. The van der Waals surface area contributed by atoms with Crippen LogP contribution in [0.3, 0.4) is 0 Å². The van der Waals surface area contributed by atoms with Gasteiger partial charge in [0.1, 0.15) is 5.58 Å². The van der Waals surface area contributed by atoms with Crippen LogP contribution in [0.1, 0.15) is 39.7 Å². The minimum atomic E-state index is -4.64. The van der Waals surface area contributed by atoms with Crippen molar-refractivity contribution in [2.75, 3.05) is 13.2 Å². The van der Waals surface area contributed by atoms with Gasteiger partial charge in [0, 0.05) is 24.0 Å². The molecule has 4 aromatic rings. The second kappa shape index (κ2) is 11.0. The van der Waals surface area contributed by atoms with E-state index in [1.165, 1.54) is 36.4 Å². The number of ether oxygens (including phenoxy) is 1. The quantitative estimate of drug-likeness (QED) is 0.229. The van der Waals surface area contributed by atoms with E-state index in [-0.39, 0.29) is 29.4 Å². The molecule has 0 amide bonds. The number of furan rings is 1. The first-order valence-electron chi connectivity index (χ1n) is 11.9. The van der Waals surface area contributed by atoms with Gasteiger partial charge in [-0.05, 0) is 55.7 Å². The molecule has 6 nitrogen and oxygen atoms in total. The van der Waals surface area contributed by atoms with Gasteiger partial charge in [-0.25, -0.2) is 13.2 Å². The van der Waals surface area contributed by atoms with Crippen molar-refractivity contribution in [1.29, 1.82) is 0 Å². The summed E-state index contributed by atoms with van der Waals surface area (Å²) < 4.78 is 80.4. The molecule has 4 rings (SSSR count). The fourth-order valence-electron chi connectivity index (χ4n) is 4.21. The van der Waals surface area contributed by atoms with Gasteiger partial charge in [0.15, 0.2) is 0 Å². The molecule has 0 unspecified atom stereocenters. The molecule has 0 spiro atoms. The van der Waals surface area contributed by atoms with Gasteiger partial charge >= 0.3 is 12.1 Å². The lowest BCUT2D eigenvalue weighted by Gasteiger charge is -2.24. The topological polar surface area (TPSA) is 76.8 Å². The van der Waals surface area contributed by atoms with E-state index in [9.17, 15) is 26.4 Å². The molecule has 0 saturated heterocycles. The Hall–Kier alpha value is -3.63. The Kier molecular flexibility index (Phi) is 7.94. The number of aryl methyl sites for hydroxylation is 1. The molecule has 3 aromatic carbocycles. The van der Waals surface area contributed by atoms with Crippen LogP contribution in [-0.4, -0.2) is 31.8 Å². The van der Waals surface area contributed by atoms with Crippen molar-refractivity contribution in [1.82, 2.24) is 4.31 Å². The maximum atomic E-state index is 13.8. The molecule has 0 aliphatic rings. The third kappa shape index (κ3) is 5.76. The number of hydrogen-bond acceptors (Lipinski definition) is 5. The van der Waals surface area contributed by atoms with E-state index in [2.05, 4.69) is 0 Å². The van der Waals surface area contributed by atoms with E-state index in [1.54, 1.807) is 13.8 Å². The average molecular weight is 546 g/mol. The highest BCUT2D eigenvalue weighted by Gasteiger charge is 2.35. The molecule has 0 bridgehead atoms. The number of esters is 1. The zero-order valence-electron chi connectivity index (χ0n) is 20.8. The summed E-state index contributed by atoms with van der Waals surface area (Å²) in [6, 6.07) is 18.2. The highest BCUT2D eigenvalue weighted by Crippen LogP contribution is 2.34. The van der Waals surface area contributed by atoms with Crippen molar-refractivity contribution in [3.05, 3.63) is 101 Å². The predicted octanol–water partition coefficient (Wildman–Crippen LogP) is 6.37. The molecule has 1 heterocycles. The summed E-state index contributed by atoms with van der Waals surface area (Å²) in [6.07, 6.45) is -4.34. The zero-order valence-corrected chi connectivity index (χ0v) is 21.6. The summed E-state index contributed by atoms with van der Waals surface area (Å²) in [5.74, 6) is -0.699. The standard InChI is InChI=1S/C28H26F3NO5S/c1-3-36-27(33)26-19(2)23-17-22(13-14-25(23)37-26)38(34,35)32(16-15-20-9-5-4-6-10-20)18-21-11-7-8-12-24(21)28(29,30)31/h4-14,17H,3,15-16,18H2,1-2H3. The Labute approximate surface area is 218 Å². The number of carbonyl (C=O) groups is 1. The van der Waals surface area contributed by atoms with Gasteiger partial charge in [0.2, 0.25) is 15.8 Å². The van der Waals surface area contributed by atoms with E-state index < -0.39 is 34.3 Å². The van der Waals surface area contributed by atoms with Crippen molar-refractivity contribution in [2.45, 2.75) is 37.9 Å². The summed E-state index contributed by atoms with van der Waals surface area (Å²) in [6.45, 7) is 2.89. The van der Waals surface area contributed by atoms with Gasteiger partial charge in [-0.15, -0.1) is 0 Å². The Morgan fingerprint density at radius 3 is 2.37 bits per heavy atom. The van der Waals surface area contributed by atoms with Crippen LogP contribution in [0.4, 0.5) is 13.2 Å². The van der Waals surface area contributed by atoms with Crippen LogP contribution in [0.25, 0.3) is 11.0 Å². The van der Waals surface area contributed by atoms with Crippen LogP contribution in [0, 0.1) is 6.92 Å². The summed E-state index contributed by atoms with van der Waals surface area (Å²) in [5.41, 5.74) is 0.510. The van der Waals surface area contributed by atoms with Crippen molar-refractivity contribution in [2.24, 2.45) is 0 Å². The zero-order chi connectivity index (χ0) is 27.5. The van der Waals surface area contributed by atoms with Crippen LogP contribution < -0.4 is 0 Å². The molecule has 38 heavy (non-hydrogen) atoms. The number of benzene rings is 3. The van der Waals surface area contributed by atoms with Gasteiger partial charge in [-0.2, -0.15) is 17.5 Å². The SMILES string of the molecule is CCOC(=O)c1oc2ccc(S(=O)(=O)N(CCc3ccccc3)Cc3ccccc3C(F)(F)F)cc2c1C. The van der Waals surface area contributed by atoms with Crippen LogP contribution in [0.15, 0.2) is 82.1 Å². The smallest absolute Gasteiger partial charge is 0.416 e. The van der Waals surface area contributed by atoms with E-state index in [0.29, 0.717) is 23.0 Å². The molecule has 0 radical (unpaired) electrons. The number of fused-ring (bicyclic) bond motifs is 1. The minimum absolute atomic E-state index is 0.0311. The second-order valence-corrected chi connectivity index (χ2v) is 10.6. The van der Waals surface area contributed by atoms with Crippen LogP contribution in [0.2, 0.25) is 0 Å². The van der Waals surface area contributed by atoms with Crippen LogP contribution in [0.5, 0.6) is 0 Å². The molecule has 0 atom stereocenters. The number of nitrogens with zero attached hydrogens (tertiary/aromatic N) is 1. The summed E-state index contributed by atoms with van der Waals surface area (Å²) in [4.78, 5) is 12.1. The first kappa shape index (κ1) is 27.4. The van der Waals surface area contributed by atoms with Gasteiger partial charge in [-0.1, -0.05) is 48.5 Å². The van der Waals surface area contributed by atoms with E-state index in [0.717, 1.165) is 15.9 Å². The molecular formula is C28H26F3NO5S. The van der Waals surface area contributed by atoms with Gasteiger partial charge in [0.05, 0.1) is 17.1 Å². The van der Waals surface area contributed by atoms with Gasteiger partial charge in [0.25, 0.3) is 0 Å². The molecule has 10 heteroatoms. The lowest BCUT2D eigenvalue weighted by molar-refractivity contribution is -0.138. The number of rotatable bonds is 9. The highest BCUT2D eigenvalue weighted by atomic mass is 32.2.